The first kappa shape index (κ1) is 14.1. The van der Waals surface area contributed by atoms with E-state index in [0.717, 1.165) is 6.54 Å². The average molecular weight is 310 g/mol. The van der Waals surface area contributed by atoms with Crippen LogP contribution in [0.2, 0.25) is 0 Å². The first-order valence-electron chi connectivity index (χ1n) is 7.12. The van der Waals surface area contributed by atoms with Gasteiger partial charge in [-0.25, -0.2) is 0 Å². The van der Waals surface area contributed by atoms with Crippen molar-refractivity contribution in [2.24, 2.45) is 0 Å². The molecule has 0 radical (unpaired) electrons. The molecule has 0 unspecified atom stereocenters. The highest BCUT2D eigenvalue weighted by molar-refractivity contribution is 9.10. The van der Waals surface area contributed by atoms with Crippen molar-refractivity contribution in [1.82, 2.24) is 5.32 Å². The minimum atomic E-state index is 0.336. The van der Waals surface area contributed by atoms with E-state index in [-0.39, 0.29) is 0 Å². The summed E-state index contributed by atoms with van der Waals surface area (Å²) in [4.78, 5) is 0. The molecule has 0 aliphatic heterocycles. The van der Waals surface area contributed by atoms with Crippen LogP contribution >= 0.6 is 15.9 Å². The third-order valence-corrected chi connectivity index (χ3v) is 4.80. The fourth-order valence-electron chi connectivity index (χ4n) is 3.06. The Hall–Kier alpha value is -0.340. The van der Waals surface area contributed by atoms with E-state index in [1.807, 2.05) is 0 Å². The highest BCUT2D eigenvalue weighted by atomic mass is 79.9. The average Bonchev–Trinajstić information content (AvgIpc) is 2.38. The van der Waals surface area contributed by atoms with Crippen LogP contribution in [-0.4, -0.2) is 12.6 Å². The first-order valence-corrected chi connectivity index (χ1v) is 7.92. The van der Waals surface area contributed by atoms with Gasteiger partial charge in [-0.3, -0.25) is 0 Å². The lowest BCUT2D eigenvalue weighted by atomic mass is 9.69. The first-order chi connectivity index (χ1) is 8.64. The molecule has 2 rings (SSSR count). The summed E-state index contributed by atoms with van der Waals surface area (Å²) in [6.45, 7) is 5.57. The summed E-state index contributed by atoms with van der Waals surface area (Å²) in [5.41, 5.74) is 1.83. The molecule has 0 spiro atoms. The van der Waals surface area contributed by atoms with Gasteiger partial charge in [-0.05, 0) is 24.5 Å². The fourth-order valence-corrected chi connectivity index (χ4v) is 3.77. The molecule has 1 N–H and O–H groups in total. The van der Waals surface area contributed by atoms with Crippen LogP contribution in [-0.2, 0) is 5.41 Å². The minimum Gasteiger partial charge on any atom is -0.314 e. The van der Waals surface area contributed by atoms with Crippen LogP contribution in [0.25, 0.3) is 0 Å². The Kier molecular flexibility index (Phi) is 4.85. The Balaban J connectivity index is 2.26. The molecule has 0 amide bonds. The van der Waals surface area contributed by atoms with E-state index in [1.165, 1.54) is 42.1 Å². The van der Waals surface area contributed by atoms with Gasteiger partial charge in [-0.2, -0.15) is 0 Å². The molecular formula is C16H24BrN. The Bertz CT molecular complexity index is 380. The molecule has 0 aromatic heterocycles. The maximum Gasteiger partial charge on any atom is 0.0213 e. The van der Waals surface area contributed by atoms with Gasteiger partial charge in [0.25, 0.3) is 0 Å². The Labute approximate surface area is 119 Å². The molecule has 1 aromatic rings. The number of benzene rings is 1. The molecule has 1 fully saturated rings. The van der Waals surface area contributed by atoms with Crippen molar-refractivity contribution in [1.29, 1.82) is 0 Å². The molecule has 18 heavy (non-hydrogen) atoms. The highest BCUT2D eigenvalue weighted by Gasteiger charge is 2.34. The zero-order valence-corrected chi connectivity index (χ0v) is 13.1. The lowest BCUT2D eigenvalue weighted by Gasteiger charge is -2.39. The normalized spacial score (nSPS) is 19.1. The largest absolute Gasteiger partial charge is 0.314 e. The monoisotopic (exact) mass is 309 g/mol. The van der Waals surface area contributed by atoms with Crippen LogP contribution in [0.4, 0.5) is 0 Å². The molecule has 1 aliphatic carbocycles. The van der Waals surface area contributed by atoms with Gasteiger partial charge in [-0.15, -0.1) is 0 Å². The molecule has 2 heteroatoms. The van der Waals surface area contributed by atoms with Crippen molar-refractivity contribution in [2.75, 3.05) is 6.54 Å². The van der Waals surface area contributed by atoms with Crippen LogP contribution < -0.4 is 5.32 Å². The number of hydrogen-bond acceptors (Lipinski definition) is 1. The van der Waals surface area contributed by atoms with Gasteiger partial charge >= 0.3 is 0 Å². The van der Waals surface area contributed by atoms with Crippen LogP contribution in [0.5, 0.6) is 0 Å². The highest BCUT2D eigenvalue weighted by Crippen LogP contribution is 2.41. The lowest BCUT2D eigenvalue weighted by Crippen LogP contribution is -2.42. The van der Waals surface area contributed by atoms with Gasteiger partial charge < -0.3 is 5.32 Å². The summed E-state index contributed by atoms with van der Waals surface area (Å²) >= 11 is 3.75. The van der Waals surface area contributed by atoms with Crippen molar-refractivity contribution < 1.29 is 0 Å². The quantitative estimate of drug-likeness (QED) is 0.853. The second kappa shape index (κ2) is 6.21. The standard InChI is InChI=1S/C16H24BrN/c1-13(2)18-12-16(10-6-3-7-11-16)14-8-4-5-9-15(14)17/h4-5,8-9,13,18H,3,6-7,10-12H2,1-2H3. The molecule has 1 aliphatic rings. The van der Waals surface area contributed by atoms with Gasteiger partial charge in [0.05, 0.1) is 0 Å². The van der Waals surface area contributed by atoms with Gasteiger partial charge in [-0.1, -0.05) is 67.2 Å². The zero-order chi connectivity index (χ0) is 13.0. The van der Waals surface area contributed by atoms with Crippen LogP contribution in [0.3, 0.4) is 0 Å². The minimum absolute atomic E-state index is 0.336. The predicted molar refractivity (Wildman–Crippen MR) is 82.0 cm³/mol. The number of nitrogens with one attached hydrogen (secondary N) is 1. The van der Waals surface area contributed by atoms with Crippen molar-refractivity contribution in [3.8, 4) is 0 Å². The van der Waals surface area contributed by atoms with E-state index < -0.39 is 0 Å². The van der Waals surface area contributed by atoms with E-state index in [4.69, 9.17) is 0 Å². The molecule has 0 heterocycles. The molecule has 1 aromatic carbocycles. The summed E-state index contributed by atoms with van der Waals surface area (Å²) < 4.78 is 1.28. The Morgan fingerprint density at radius 2 is 1.83 bits per heavy atom. The van der Waals surface area contributed by atoms with Crippen molar-refractivity contribution in [3.63, 3.8) is 0 Å². The third kappa shape index (κ3) is 3.16. The second-order valence-corrected chi connectivity index (χ2v) is 6.71. The Morgan fingerprint density at radius 1 is 1.17 bits per heavy atom. The molecule has 1 saturated carbocycles. The second-order valence-electron chi connectivity index (χ2n) is 5.86. The van der Waals surface area contributed by atoms with E-state index in [1.54, 1.807) is 0 Å². The van der Waals surface area contributed by atoms with E-state index >= 15 is 0 Å². The van der Waals surface area contributed by atoms with Crippen molar-refractivity contribution in [2.45, 2.75) is 57.4 Å². The third-order valence-electron chi connectivity index (χ3n) is 4.10. The smallest absolute Gasteiger partial charge is 0.0213 e. The maximum atomic E-state index is 3.75. The molecular weight excluding hydrogens is 286 g/mol. The predicted octanol–water partition coefficient (Wildman–Crippen LogP) is 4.65. The van der Waals surface area contributed by atoms with Crippen LogP contribution in [0.15, 0.2) is 28.7 Å². The topological polar surface area (TPSA) is 12.0 Å². The molecule has 100 valence electrons. The van der Waals surface area contributed by atoms with Gasteiger partial charge in [0.2, 0.25) is 0 Å². The van der Waals surface area contributed by atoms with Crippen LogP contribution in [0.1, 0.15) is 51.5 Å². The van der Waals surface area contributed by atoms with E-state index in [0.29, 0.717) is 11.5 Å². The van der Waals surface area contributed by atoms with E-state index in [2.05, 4.69) is 59.4 Å². The lowest BCUT2D eigenvalue weighted by molar-refractivity contribution is 0.272. The summed E-state index contributed by atoms with van der Waals surface area (Å²) in [5, 5.41) is 3.66. The maximum absolute atomic E-state index is 3.75. The number of halogens is 1. The van der Waals surface area contributed by atoms with E-state index in [9.17, 15) is 0 Å². The summed E-state index contributed by atoms with van der Waals surface area (Å²) in [5.74, 6) is 0. The summed E-state index contributed by atoms with van der Waals surface area (Å²) in [6, 6.07) is 9.33. The Morgan fingerprint density at radius 3 is 2.44 bits per heavy atom. The van der Waals surface area contributed by atoms with Crippen molar-refractivity contribution >= 4 is 15.9 Å². The van der Waals surface area contributed by atoms with Gasteiger partial charge in [0.1, 0.15) is 0 Å². The zero-order valence-electron chi connectivity index (χ0n) is 11.5. The SMILES string of the molecule is CC(C)NCC1(c2ccccc2Br)CCCCC1. The molecule has 1 nitrogen and oxygen atoms in total. The number of hydrogen-bond donors (Lipinski definition) is 1. The number of rotatable bonds is 4. The van der Waals surface area contributed by atoms with Crippen LogP contribution in [0, 0.1) is 0 Å². The van der Waals surface area contributed by atoms with Crippen molar-refractivity contribution in [3.05, 3.63) is 34.3 Å². The van der Waals surface area contributed by atoms with Gasteiger partial charge in [0.15, 0.2) is 0 Å². The molecule has 0 atom stereocenters. The molecule has 0 bridgehead atoms. The van der Waals surface area contributed by atoms with Gasteiger partial charge in [0, 0.05) is 22.5 Å². The summed E-state index contributed by atoms with van der Waals surface area (Å²) in [7, 11) is 0. The summed E-state index contributed by atoms with van der Waals surface area (Å²) in [6.07, 6.45) is 6.75. The fraction of sp³-hybridized carbons (Fsp3) is 0.625. The molecule has 0 saturated heterocycles.